The van der Waals surface area contributed by atoms with Crippen LogP contribution in [-0.2, 0) is 0 Å². The Balaban J connectivity index is 2.21. The van der Waals surface area contributed by atoms with Crippen molar-refractivity contribution >= 4 is 17.0 Å². The highest BCUT2D eigenvalue weighted by atomic mass is 32.1. The summed E-state index contributed by atoms with van der Waals surface area (Å²) >= 11 is 1.50. The molecule has 0 atom stereocenters. The van der Waals surface area contributed by atoms with E-state index in [1.54, 1.807) is 32.4 Å². The molecule has 3 aromatic rings. The van der Waals surface area contributed by atoms with E-state index in [-0.39, 0.29) is 5.75 Å². The van der Waals surface area contributed by atoms with E-state index in [1.165, 1.54) is 11.3 Å². The SMILES string of the molecule is C=CCN=c1scc(-c2ccc(OC)cc2OC)n1N=C(CC)c1ccc(O)cc1. The van der Waals surface area contributed by atoms with Crippen LogP contribution >= 0.6 is 11.3 Å². The average molecular weight is 424 g/mol. The van der Waals surface area contributed by atoms with Gasteiger partial charge in [0.2, 0.25) is 4.80 Å². The third-order valence-corrected chi connectivity index (χ3v) is 5.34. The van der Waals surface area contributed by atoms with E-state index < -0.39 is 0 Å². The van der Waals surface area contributed by atoms with Gasteiger partial charge in [-0.15, -0.1) is 17.9 Å². The second-order valence-corrected chi connectivity index (χ2v) is 7.19. The van der Waals surface area contributed by atoms with Crippen LogP contribution in [0.15, 0.2) is 70.6 Å². The van der Waals surface area contributed by atoms with Crippen molar-refractivity contribution in [3.8, 4) is 28.5 Å². The number of ether oxygens (including phenoxy) is 2. The summed E-state index contributed by atoms with van der Waals surface area (Å²) in [5.41, 5.74) is 3.57. The van der Waals surface area contributed by atoms with Crippen LogP contribution < -0.4 is 14.3 Å². The van der Waals surface area contributed by atoms with Gasteiger partial charge in [0.15, 0.2) is 0 Å². The third-order valence-electron chi connectivity index (χ3n) is 4.48. The fraction of sp³-hybridized carbons (Fsp3) is 0.217. The Hall–Kier alpha value is -3.32. The van der Waals surface area contributed by atoms with Crippen molar-refractivity contribution < 1.29 is 14.6 Å². The van der Waals surface area contributed by atoms with Gasteiger partial charge in [0, 0.05) is 17.0 Å². The van der Waals surface area contributed by atoms with Gasteiger partial charge in [-0.3, -0.25) is 4.99 Å². The molecule has 3 rings (SSSR count). The van der Waals surface area contributed by atoms with Crippen LogP contribution in [0.5, 0.6) is 17.2 Å². The van der Waals surface area contributed by atoms with Gasteiger partial charge in [-0.05, 0) is 48.4 Å². The van der Waals surface area contributed by atoms with Gasteiger partial charge in [-0.1, -0.05) is 13.0 Å². The minimum atomic E-state index is 0.225. The van der Waals surface area contributed by atoms with Crippen molar-refractivity contribution in [2.24, 2.45) is 10.1 Å². The van der Waals surface area contributed by atoms with Crippen LogP contribution in [0.2, 0.25) is 0 Å². The maximum absolute atomic E-state index is 9.61. The Morgan fingerprint density at radius 3 is 2.57 bits per heavy atom. The lowest BCUT2D eigenvalue weighted by molar-refractivity contribution is 0.395. The molecule has 0 saturated carbocycles. The van der Waals surface area contributed by atoms with E-state index in [0.717, 1.165) is 33.1 Å². The first kappa shape index (κ1) is 21.4. The van der Waals surface area contributed by atoms with Gasteiger partial charge in [0.1, 0.15) is 17.2 Å². The van der Waals surface area contributed by atoms with Crippen LogP contribution in [0.3, 0.4) is 0 Å². The highest BCUT2D eigenvalue weighted by Crippen LogP contribution is 2.33. The predicted octanol–water partition coefficient (Wildman–Crippen LogP) is 4.69. The quantitative estimate of drug-likeness (QED) is 0.422. The molecule has 0 fully saturated rings. The van der Waals surface area contributed by atoms with E-state index in [2.05, 4.69) is 11.6 Å². The van der Waals surface area contributed by atoms with E-state index in [1.807, 2.05) is 47.3 Å². The number of thiazole rings is 1. The van der Waals surface area contributed by atoms with Gasteiger partial charge in [-0.25, -0.2) is 4.68 Å². The molecule has 0 amide bonds. The van der Waals surface area contributed by atoms with Crippen molar-refractivity contribution in [3.63, 3.8) is 0 Å². The first-order valence-corrected chi connectivity index (χ1v) is 10.4. The van der Waals surface area contributed by atoms with Gasteiger partial charge >= 0.3 is 0 Å². The molecule has 0 unspecified atom stereocenters. The first-order chi connectivity index (χ1) is 14.6. The van der Waals surface area contributed by atoms with E-state index in [0.29, 0.717) is 18.7 Å². The maximum Gasteiger partial charge on any atom is 0.206 e. The molecule has 7 heteroatoms. The molecule has 0 aliphatic heterocycles. The summed E-state index contributed by atoms with van der Waals surface area (Å²) in [7, 11) is 3.26. The molecule has 1 heterocycles. The molecule has 6 nitrogen and oxygen atoms in total. The molecule has 2 aromatic carbocycles. The zero-order valence-electron chi connectivity index (χ0n) is 17.3. The number of phenolic OH excluding ortho intramolecular Hbond substituents is 1. The molecule has 156 valence electrons. The Kier molecular flexibility index (Phi) is 7.08. The zero-order chi connectivity index (χ0) is 21.5. The smallest absolute Gasteiger partial charge is 0.206 e. The third kappa shape index (κ3) is 4.63. The average Bonchev–Trinajstić information content (AvgIpc) is 3.18. The first-order valence-electron chi connectivity index (χ1n) is 9.52. The Labute approximate surface area is 180 Å². The fourth-order valence-corrected chi connectivity index (χ4v) is 3.78. The van der Waals surface area contributed by atoms with E-state index >= 15 is 0 Å². The highest BCUT2D eigenvalue weighted by Gasteiger charge is 2.15. The van der Waals surface area contributed by atoms with Gasteiger partial charge in [0.25, 0.3) is 0 Å². The number of methoxy groups -OCH3 is 2. The number of phenols is 1. The van der Waals surface area contributed by atoms with Crippen molar-refractivity contribution in [3.05, 3.63) is 70.9 Å². The standard InChI is InChI=1S/C23H25N3O3S/c1-5-13-24-23-26(25-20(6-2)16-7-9-17(27)10-8-16)21(15-30-23)19-12-11-18(28-3)14-22(19)29-4/h5,7-12,14-15,27H,1,6,13H2,2-4H3. The fourth-order valence-electron chi connectivity index (χ4n) is 2.95. The topological polar surface area (TPSA) is 68.3 Å². The normalized spacial score (nSPS) is 12.1. The highest BCUT2D eigenvalue weighted by molar-refractivity contribution is 7.07. The number of benzene rings is 2. The monoisotopic (exact) mass is 423 g/mol. The molecule has 0 aliphatic rings. The van der Waals surface area contributed by atoms with Crippen LogP contribution in [0, 0.1) is 0 Å². The lowest BCUT2D eigenvalue weighted by Gasteiger charge is -2.12. The van der Waals surface area contributed by atoms with Crippen molar-refractivity contribution in [2.75, 3.05) is 20.8 Å². The predicted molar refractivity (Wildman–Crippen MR) is 122 cm³/mol. The molecule has 1 N–H and O–H groups in total. The zero-order valence-corrected chi connectivity index (χ0v) is 18.1. The summed E-state index contributed by atoms with van der Waals surface area (Å²) in [6, 6.07) is 12.7. The van der Waals surface area contributed by atoms with E-state index in [9.17, 15) is 5.11 Å². The maximum atomic E-state index is 9.61. The van der Waals surface area contributed by atoms with Crippen molar-refractivity contribution in [1.82, 2.24) is 4.68 Å². The van der Waals surface area contributed by atoms with Crippen molar-refractivity contribution in [2.45, 2.75) is 13.3 Å². The number of nitrogens with zero attached hydrogens (tertiary/aromatic N) is 3. The summed E-state index contributed by atoms with van der Waals surface area (Å²) < 4.78 is 12.8. The molecule has 30 heavy (non-hydrogen) atoms. The summed E-state index contributed by atoms with van der Waals surface area (Å²) in [4.78, 5) is 5.36. The summed E-state index contributed by atoms with van der Waals surface area (Å²) in [5, 5.41) is 16.6. The van der Waals surface area contributed by atoms with Crippen molar-refractivity contribution in [1.29, 1.82) is 0 Å². The molecule has 0 aliphatic carbocycles. The Morgan fingerprint density at radius 1 is 1.17 bits per heavy atom. The lowest BCUT2D eigenvalue weighted by atomic mass is 10.1. The van der Waals surface area contributed by atoms with Crippen LogP contribution in [0.1, 0.15) is 18.9 Å². The molecule has 0 bridgehead atoms. The van der Waals surface area contributed by atoms with Gasteiger partial charge in [0.05, 0.1) is 32.2 Å². The molecule has 0 radical (unpaired) electrons. The van der Waals surface area contributed by atoms with Crippen LogP contribution in [0.25, 0.3) is 11.3 Å². The summed E-state index contributed by atoms with van der Waals surface area (Å²) in [5.74, 6) is 1.63. The number of rotatable bonds is 8. The van der Waals surface area contributed by atoms with Crippen LogP contribution in [-0.4, -0.2) is 36.3 Å². The minimum Gasteiger partial charge on any atom is -0.508 e. The van der Waals surface area contributed by atoms with Gasteiger partial charge in [-0.2, -0.15) is 5.10 Å². The van der Waals surface area contributed by atoms with E-state index in [4.69, 9.17) is 14.6 Å². The molecule has 0 spiro atoms. The number of aromatic nitrogens is 1. The molecular formula is C23H25N3O3S. The lowest BCUT2D eigenvalue weighted by Crippen LogP contribution is -2.15. The minimum absolute atomic E-state index is 0.225. The Bertz CT molecular complexity index is 1110. The molecular weight excluding hydrogens is 398 g/mol. The number of aromatic hydroxyl groups is 1. The summed E-state index contributed by atoms with van der Waals surface area (Å²) in [6.45, 7) is 6.30. The number of hydrogen-bond donors (Lipinski definition) is 1. The largest absolute Gasteiger partial charge is 0.508 e. The number of hydrogen-bond acceptors (Lipinski definition) is 6. The molecule has 0 saturated heterocycles. The van der Waals surface area contributed by atoms with Crippen LogP contribution in [0.4, 0.5) is 0 Å². The summed E-state index contributed by atoms with van der Waals surface area (Å²) in [6.07, 6.45) is 2.47. The molecule has 1 aromatic heterocycles. The van der Waals surface area contributed by atoms with Gasteiger partial charge < -0.3 is 14.6 Å². The second kappa shape index (κ2) is 9.93. The Morgan fingerprint density at radius 2 is 1.93 bits per heavy atom. The second-order valence-electron chi connectivity index (χ2n) is 6.36.